The molecule has 0 unspecified atom stereocenters. The number of fused-ring (bicyclic) bond motifs is 2. The lowest BCUT2D eigenvalue weighted by atomic mass is 10.1. The highest BCUT2D eigenvalue weighted by atomic mass is 16.3. The molecule has 2 heterocycles. The fourth-order valence-corrected chi connectivity index (χ4v) is 3.59. The quantitative estimate of drug-likeness (QED) is 0.472. The van der Waals surface area contributed by atoms with Crippen molar-refractivity contribution in [3.8, 4) is 11.3 Å². The van der Waals surface area contributed by atoms with Crippen LogP contribution in [0.25, 0.3) is 22.3 Å². The lowest BCUT2D eigenvalue weighted by molar-refractivity contribution is 0.618. The van der Waals surface area contributed by atoms with E-state index in [4.69, 9.17) is 4.42 Å². The first-order valence-electron chi connectivity index (χ1n) is 9.56. The summed E-state index contributed by atoms with van der Waals surface area (Å²) in [6, 6.07) is 15.1. The van der Waals surface area contributed by atoms with Crippen molar-refractivity contribution in [3.63, 3.8) is 0 Å². The second-order valence-corrected chi connectivity index (χ2v) is 6.97. The van der Waals surface area contributed by atoms with Crippen molar-refractivity contribution in [1.29, 1.82) is 0 Å². The smallest absolute Gasteiger partial charge is 0.136 e. The van der Waals surface area contributed by atoms with Crippen LogP contribution in [0.2, 0.25) is 0 Å². The maximum Gasteiger partial charge on any atom is 0.136 e. The highest BCUT2D eigenvalue weighted by Crippen LogP contribution is 2.30. The fourth-order valence-electron chi connectivity index (χ4n) is 3.59. The molecule has 1 aliphatic carbocycles. The maximum atomic E-state index is 6.23. The number of unbranched alkanes of at least 4 members (excludes halogenated alkanes) is 2. The number of benzene rings is 2. The van der Waals surface area contributed by atoms with Crippen LogP contribution in [0.1, 0.15) is 39.0 Å². The van der Waals surface area contributed by atoms with E-state index in [1.807, 2.05) is 0 Å². The third-order valence-corrected chi connectivity index (χ3v) is 5.05. The van der Waals surface area contributed by atoms with Crippen LogP contribution in [0.15, 0.2) is 51.9 Å². The average Bonchev–Trinajstić information content (AvgIpc) is 3.18. The lowest BCUT2D eigenvalue weighted by Crippen LogP contribution is -2.17. The fraction of sp³-hybridized carbons (Fsp3) is 0.409. The highest BCUT2D eigenvalue weighted by molar-refractivity contribution is 5.85. The van der Waals surface area contributed by atoms with Crippen molar-refractivity contribution >= 4 is 16.7 Å². The SMILES string of the molecule is CCCCC/N=c1/ccc2cc3ccc(N4CCCC4)cc3oc-2c1. The summed E-state index contributed by atoms with van der Waals surface area (Å²) in [4.78, 5) is 7.13. The molecule has 0 bridgehead atoms. The Morgan fingerprint density at radius 2 is 1.88 bits per heavy atom. The van der Waals surface area contributed by atoms with Gasteiger partial charge >= 0.3 is 0 Å². The topological polar surface area (TPSA) is 28.7 Å². The van der Waals surface area contributed by atoms with Crippen molar-refractivity contribution in [2.45, 2.75) is 39.0 Å². The highest BCUT2D eigenvalue weighted by Gasteiger charge is 2.14. The van der Waals surface area contributed by atoms with Crippen molar-refractivity contribution in [3.05, 3.63) is 47.8 Å². The van der Waals surface area contributed by atoms with Gasteiger partial charge in [0.25, 0.3) is 0 Å². The van der Waals surface area contributed by atoms with Crippen molar-refractivity contribution in [2.24, 2.45) is 4.99 Å². The summed E-state index contributed by atoms with van der Waals surface area (Å²) < 4.78 is 6.23. The van der Waals surface area contributed by atoms with Crippen LogP contribution >= 0.6 is 0 Å². The molecular formula is C22H26N2O. The molecule has 0 saturated carbocycles. The minimum Gasteiger partial charge on any atom is -0.456 e. The molecule has 0 radical (unpaired) electrons. The third-order valence-electron chi connectivity index (χ3n) is 5.05. The zero-order chi connectivity index (χ0) is 17.1. The van der Waals surface area contributed by atoms with Gasteiger partial charge in [-0.2, -0.15) is 0 Å². The minimum atomic E-state index is 0.895. The summed E-state index contributed by atoms with van der Waals surface area (Å²) in [5, 5.41) is 2.17. The van der Waals surface area contributed by atoms with E-state index >= 15 is 0 Å². The predicted molar refractivity (Wildman–Crippen MR) is 104 cm³/mol. The molecule has 3 heteroatoms. The van der Waals surface area contributed by atoms with Gasteiger partial charge in [-0.25, -0.2) is 0 Å². The zero-order valence-corrected chi connectivity index (χ0v) is 15.0. The number of anilines is 1. The molecule has 1 aromatic rings. The number of nitrogens with zero attached hydrogens (tertiary/aromatic N) is 2. The van der Waals surface area contributed by atoms with Crippen molar-refractivity contribution in [2.75, 3.05) is 24.5 Å². The summed E-state index contributed by atoms with van der Waals surface area (Å²) in [6.45, 7) is 5.42. The Hall–Kier alpha value is -2.29. The zero-order valence-electron chi connectivity index (χ0n) is 15.0. The second kappa shape index (κ2) is 7.30. The van der Waals surface area contributed by atoms with Crippen LogP contribution in [0.4, 0.5) is 5.69 Å². The summed E-state index contributed by atoms with van der Waals surface area (Å²) in [5.74, 6) is 0.919. The molecule has 1 aromatic carbocycles. The van der Waals surface area contributed by atoms with Gasteiger partial charge in [0.05, 0.1) is 5.36 Å². The van der Waals surface area contributed by atoms with Crippen LogP contribution < -0.4 is 10.3 Å². The van der Waals surface area contributed by atoms with Crippen LogP contribution in [-0.4, -0.2) is 19.6 Å². The molecule has 3 aliphatic rings. The first kappa shape index (κ1) is 16.2. The monoisotopic (exact) mass is 334 g/mol. The predicted octanol–water partition coefficient (Wildman–Crippen LogP) is 5.23. The Bertz CT molecular complexity index is 890. The van der Waals surface area contributed by atoms with Gasteiger partial charge in [-0.05, 0) is 49.6 Å². The van der Waals surface area contributed by atoms with Gasteiger partial charge in [0, 0.05) is 48.4 Å². The Morgan fingerprint density at radius 1 is 1.00 bits per heavy atom. The van der Waals surface area contributed by atoms with Gasteiger partial charge in [-0.15, -0.1) is 0 Å². The lowest BCUT2D eigenvalue weighted by Gasteiger charge is -2.18. The van der Waals surface area contributed by atoms with Crippen LogP contribution in [0.3, 0.4) is 0 Å². The van der Waals surface area contributed by atoms with E-state index in [-0.39, 0.29) is 0 Å². The number of rotatable bonds is 5. The largest absolute Gasteiger partial charge is 0.456 e. The van der Waals surface area contributed by atoms with Gasteiger partial charge < -0.3 is 9.32 Å². The van der Waals surface area contributed by atoms with Gasteiger partial charge in [0.2, 0.25) is 0 Å². The van der Waals surface area contributed by atoms with E-state index in [1.165, 1.54) is 31.4 Å². The summed E-state index contributed by atoms with van der Waals surface area (Å²) >= 11 is 0. The molecule has 3 nitrogen and oxygen atoms in total. The molecule has 0 N–H and O–H groups in total. The van der Waals surface area contributed by atoms with Gasteiger partial charge in [-0.3, -0.25) is 4.99 Å². The van der Waals surface area contributed by atoms with Crippen LogP contribution in [0, 0.1) is 0 Å². The normalized spacial score (nSPS) is 15.6. The first-order valence-corrected chi connectivity index (χ1v) is 9.56. The first-order chi connectivity index (χ1) is 12.3. The Kier molecular flexibility index (Phi) is 4.73. The second-order valence-electron chi connectivity index (χ2n) is 6.97. The van der Waals surface area contributed by atoms with E-state index < -0.39 is 0 Å². The molecular weight excluding hydrogens is 308 g/mol. The minimum absolute atomic E-state index is 0.895. The van der Waals surface area contributed by atoms with Crippen LogP contribution in [0.5, 0.6) is 0 Å². The molecule has 0 amide bonds. The summed E-state index contributed by atoms with van der Waals surface area (Å²) in [6.07, 6.45) is 6.20. The molecule has 1 fully saturated rings. The molecule has 130 valence electrons. The van der Waals surface area contributed by atoms with E-state index in [1.54, 1.807) is 0 Å². The Morgan fingerprint density at radius 3 is 2.72 bits per heavy atom. The van der Waals surface area contributed by atoms with E-state index in [9.17, 15) is 0 Å². The molecule has 2 aliphatic heterocycles. The maximum absolute atomic E-state index is 6.23. The van der Waals surface area contributed by atoms with Gasteiger partial charge in [0.15, 0.2) is 0 Å². The molecule has 0 atom stereocenters. The molecule has 25 heavy (non-hydrogen) atoms. The summed E-state index contributed by atoms with van der Waals surface area (Å²) in [5.41, 5.74) is 3.36. The van der Waals surface area contributed by atoms with E-state index in [0.29, 0.717) is 0 Å². The average molecular weight is 334 g/mol. The molecule has 0 aromatic heterocycles. The van der Waals surface area contributed by atoms with Crippen molar-refractivity contribution < 1.29 is 4.42 Å². The van der Waals surface area contributed by atoms with E-state index in [0.717, 1.165) is 53.7 Å². The number of hydrogen-bond donors (Lipinski definition) is 0. The van der Waals surface area contributed by atoms with Crippen molar-refractivity contribution in [1.82, 2.24) is 0 Å². The Balaban J connectivity index is 1.69. The van der Waals surface area contributed by atoms with Gasteiger partial charge in [-0.1, -0.05) is 19.8 Å². The van der Waals surface area contributed by atoms with Crippen LogP contribution in [-0.2, 0) is 0 Å². The molecule has 1 saturated heterocycles. The summed E-state index contributed by atoms with van der Waals surface area (Å²) in [7, 11) is 0. The van der Waals surface area contributed by atoms with Gasteiger partial charge in [0.1, 0.15) is 11.3 Å². The van der Waals surface area contributed by atoms with E-state index in [2.05, 4.69) is 59.3 Å². The Labute approximate surface area is 149 Å². The standard InChI is InChI=1S/C22H26N2O/c1-2-3-4-11-23-19-9-7-17-14-18-8-10-20(24-12-5-6-13-24)16-22(18)25-21(17)15-19/h7-10,14-16H,2-6,11-13H2,1H3/b23-19-. The number of hydrogen-bond acceptors (Lipinski definition) is 3. The third kappa shape index (κ3) is 3.55. The molecule has 4 rings (SSSR count). The molecule has 0 spiro atoms.